The molecule has 3 aliphatic rings. The molecule has 134 valence electrons. The molecule has 4 heterocycles. The van der Waals surface area contributed by atoms with E-state index in [1.807, 2.05) is 4.90 Å². The summed E-state index contributed by atoms with van der Waals surface area (Å²) >= 11 is 0. The Hall–Kier alpha value is -1.99. The minimum Gasteiger partial charge on any atom is -0.380 e. The number of nitrogens with zero attached hydrogens (tertiary/aromatic N) is 2. The third-order valence-corrected chi connectivity index (χ3v) is 5.69. The number of ether oxygens (including phenoxy) is 2. The Balaban J connectivity index is 1.67. The smallest absolute Gasteiger partial charge is 0.274 e. The molecule has 2 atom stereocenters. The van der Waals surface area contributed by atoms with Gasteiger partial charge < -0.3 is 19.4 Å². The molecule has 4 rings (SSSR count). The Morgan fingerprint density at radius 3 is 3.04 bits per heavy atom. The van der Waals surface area contributed by atoms with Crippen molar-refractivity contribution in [1.29, 1.82) is 0 Å². The molecule has 25 heavy (non-hydrogen) atoms. The maximum Gasteiger partial charge on any atom is 0.274 e. The van der Waals surface area contributed by atoms with E-state index in [1.165, 1.54) is 11.8 Å². The van der Waals surface area contributed by atoms with Gasteiger partial charge in [0.25, 0.3) is 11.5 Å². The van der Waals surface area contributed by atoms with Gasteiger partial charge in [0, 0.05) is 30.8 Å². The highest BCUT2D eigenvalue weighted by molar-refractivity contribution is 5.92. The first-order valence-corrected chi connectivity index (χ1v) is 8.91. The van der Waals surface area contributed by atoms with Crippen LogP contribution in [0.2, 0.25) is 0 Å². The van der Waals surface area contributed by atoms with Gasteiger partial charge in [0.1, 0.15) is 5.69 Å². The molecule has 0 spiro atoms. The molecule has 2 fully saturated rings. The van der Waals surface area contributed by atoms with Crippen molar-refractivity contribution < 1.29 is 14.3 Å². The predicted molar refractivity (Wildman–Crippen MR) is 90.3 cm³/mol. The van der Waals surface area contributed by atoms with Crippen LogP contribution in [0, 0.1) is 5.41 Å². The van der Waals surface area contributed by atoms with Gasteiger partial charge in [0.15, 0.2) is 0 Å². The number of hydrogen-bond acceptors (Lipinski definition) is 5. The summed E-state index contributed by atoms with van der Waals surface area (Å²) in [6, 6.07) is 0.112. The van der Waals surface area contributed by atoms with Crippen LogP contribution in [0.1, 0.15) is 36.2 Å². The Kier molecular flexibility index (Phi) is 4.43. The number of amides is 1. The Labute approximate surface area is 146 Å². The minimum absolute atomic E-state index is 0.111. The first-order valence-electron chi connectivity index (χ1n) is 8.91. The van der Waals surface area contributed by atoms with E-state index in [4.69, 9.17) is 9.47 Å². The van der Waals surface area contributed by atoms with Crippen LogP contribution in [0.4, 0.5) is 0 Å². The van der Waals surface area contributed by atoms with Crippen LogP contribution in [0.3, 0.4) is 0 Å². The molecule has 3 aliphatic heterocycles. The van der Waals surface area contributed by atoms with Crippen LogP contribution < -0.4 is 5.56 Å². The van der Waals surface area contributed by atoms with E-state index in [1.54, 1.807) is 0 Å². The summed E-state index contributed by atoms with van der Waals surface area (Å²) in [6.07, 6.45) is 8.45. The Bertz CT molecular complexity index is 720. The summed E-state index contributed by atoms with van der Waals surface area (Å²) in [5.74, 6) is -0.111. The number of carbonyl (C=O) groups excluding carboxylic acids is 1. The van der Waals surface area contributed by atoms with Gasteiger partial charge in [0.2, 0.25) is 0 Å². The highest BCUT2D eigenvalue weighted by Crippen LogP contribution is 2.48. The molecule has 0 radical (unpaired) electrons. The lowest BCUT2D eigenvalue weighted by molar-refractivity contribution is -0.0740. The SMILES string of the molecule is O=C(c1c[nH]c(=O)cn1)N1CCC[C@@]2(C3=CCOCC3)COCC[C@H]12. The molecule has 2 saturated heterocycles. The third kappa shape index (κ3) is 2.91. The summed E-state index contributed by atoms with van der Waals surface area (Å²) in [5, 5.41) is 0. The number of nitrogens with one attached hydrogen (secondary N) is 1. The lowest BCUT2D eigenvalue weighted by atomic mass is 9.65. The lowest BCUT2D eigenvalue weighted by Gasteiger charge is -2.54. The number of aromatic amines is 1. The Morgan fingerprint density at radius 2 is 2.28 bits per heavy atom. The van der Waals surface area contributed by atoms with Gasteiger partial charge in [-0.1, -0.05) is 11.6 Å². The summed E-state index contributed by atoms with van der Waals surface area (Å²) < 4.78 is 11.3. The van der Waals surface area contributed by atoms with Gasteiger partial charge in [-0.05, 0) is 25.7 Å². The van der Waals surface area contributed by atoms with Gasteiger partial charge in [-0.25, -0.2) is 4.98 Å². The van der Waals surface area contributed by atoms with E-state index in [0.717, 1.165) is 45.0 Å². The maximum atomic E-state index is 13.0. The number of aromatic nitrogens is 2. The molecule has 1 aromatic heterocycles. The topological polar surface area (TPSA) is 84.5 Å². The highest BCUT2D eigenvalue weighted by Gasteiger charge is 2.50. The third-order valence-electron chi connectivity index (χ3n) is 5.69. The van der Waals surface area contributed by atoms with Crippen molar-refractivity contribution >= 4 is 5.91 Å². The van der Waals surface area contributed by atoms with Crippen LogP contribution in [-0.4, -0.2) is 59.8 Å². The fraction of sp³-hybridized carbons (Fsp3) is 0.611. The maximum absolute atomic E-state index is 13.0. The van der Waals surface area contributed by atoms with Crippen molar-refractivity contribution in [3.8, 4) is 0 Å². The molecular formula is C18H23N3O4. The molecule has 0 saturated carbocycles. The zero-order valence-electron chi connectivity index (χ0n) is 14.2. The summed E-state index contributed by atoms with van der Waals surface area (Å²) in [4.78, 5) is 32.8. The van der Waals surface area contributed by atoms with Crippen LogP contribution in [0.25, 0.3) is 0 Å². The quantitative estimate of drug-likeness (QED) is 0.812. The summed E-state index contributed by atoms with van der Waals surface area (Å²) in [7, 11) is 0. The molecule has 1 amide bonds. The molecule has 7 nitrogen and oxygen atoms in total. The van der Waals surface area contributed by atoms with Gasteiger partial charge in [0.05, 0.1) is 26.0 Å². The van der Waals surface area contributed by atoms with Gasteiger partial charge >= 0.3 is 0 Å². The molecular weight excluding hydrogens is 322 g/mol. The zero-order chi connectivity index (χ0) is 17.3. The van der Waals surface area contributed by atoms with Crippen molar-refractivity contribution in [2.24, 2.45) is 5.41 Å². The summed E-state index contributed by atoms with van der Waals surface area (Å²) in [5.41, 5.74) is 1.25. The Morgan fingerprint density at radius 1 is 1.36 bits per heavy atom. The van der Waals surface area contributed by atoms with Crippen molar-refractivity contribution in [3.63, 3.8) is 0 Å². The van der Waals surface area contributed by atoms with Gasteiger partial charge in [-0.3, -0.25) is 9.59 Å². The minimum atomic E-state index is -0.303. The molecule has 0 aliphatic carbocycles. The predicted octanol–water partition coefficient (Wildman–Crippen LogP) is 1.13. The van der Waals surface area contributed by atoms with Gasteiger partial charge in [-0.2, -0.15) is 0 Å². The van der Waals surface area contributed by atoms with Crippen LogP contribution >= 0.6 is 0 Å². The monoisotopic (exact) mass is 345 g/mol. The number of rotatable bonds is 2. The average molecular weight is 345 g/mol. The van der Waals surface area contributed by atoms with E-state index < -0.39 is 0 Å². The van der Waals surface area contributed by atoms with Gasteiger partial charge in [-0.15, -0.1) is 0 Å². The second kappa shape index (κ2) is 6.72. The molecule has 7 heteroatoms. The second-order valence-corrected chi connectivity index (χ2v) is 6.97. The number of fused-ring (bicyclic) bond motifs is 1. The standard InChI is InChI=1S/C18H23N3O4/c22-16-11-19-14(10-20-16)17(23)21-6-1-5-18(12-25-9-4-15(18)21)13-2-7-24-8-3-13/h2,10-11,15H,1,3-9,12H2,(H,20,22)/t15-,18-/m0/s1. The molecule has 1 aromatic rings. The van der Waals surface area contributed by atoms with E-state index in [-0.39, 0.29) is 22.9 Å². The first-order chi connectivity index (χ1) is 12.2. The van der Waals surface area contributed by atoms with E-state index in [2.05, 4.69) is 16.0 Å². The number of piperidine rings is 1. The van der Waals surface area contributed by atoms with Crippen LogP contribution in [0.5, 0.6) is 0 Å². The average Bonchev–Trinajstić information content (AvgIpc) is 2.68. The molecule has 0 aromatic carbocycles. The van der Waals surface area contributed by atoms with Crippen molar-refractivity contribution in [3.05, 3.63) is 40.1 Å². The van der Waals surface area contributed by atoms with Crippen LogP contribution in [-0.2, 0) is 9.47 Å². The molecule has 0 bridgehead atoms. The van der Waals surface area contributed by atoms with E-state index in [0.29, 0.717) is 25.5 Å². The normalized spacial score (nSPS) is 29.7. The van der Waals surface area contributed by atoms with E-state index in [9.17, 15) is 9.59 Å². The summed E-state index contributed by atoms with van der Waals surface area (Å²) in [6.45, 7) is 3.41. The number of hydrogen-bond donors (Lipinski definition) is 1. The molecule has 1 N–H and O–H groups in total. The highest BCUT2D eigenvalue weighted by atomic mass is 16.5. The fourth-order valence-electron chi connectivity index (χ4n) is 4.53. The number of likely N-dealkylation sites (tertiary alicyclic amines) is 1. The lowest BCUT2D eigenvalue weighted by Crippen LogP contribution is -2.59. The second-order valence-electron chi connectivity index (χ2n) is 6.97. The largest absolute Gasteiger partial charge is 0.380 e. The number of carbonyl (C=O) groups is 1. The van der Waals surface area contributed by atoms with E-state index >= 15 is 0 Å². The van der Waals surface area contributed by atoms with Crippen molar-refractivity contribution in [1.82, 2.24) is 14.9 Å². The van der Waals surface area contributed by atoms with Crippen molar-refractivity contribution in [2.75, 3.05) is 33.0 Å². The van der Waals surface area contributed by atoms with Crippen LogP contribution in [0.15, 0.2) is 28.8 Å². The fourth-order valence-corrected chi connectivity index (χ4v) is 4.53. The number of H-pyrrole nitrogens is 1. The van der Waals surface area contributed by atoms with Crippen molar-refractivity contribution in [2.45, 2.75) is 31.7 Å². The zero-order valence-corrected chi connectivity index (χ0v) is 14.2. The molecule has 0 unspecified atom stereocenters. The first kappa shape index (κ1) is 16.5.